The summed E-state index contributed by atoms with van der Waals surface area (Å²) in [6, 6.07) is 5.30. The molecule has 0 atom stereocenters. The number of nitrogens with one attached hydrogen (secondary N) is 2. The summed E-state index contributed by atoms with van der Waals surface area (Å²) >= 11 is 0. The van der Waals surface area contributed by atoms with E-state index < -0.39 is 29.6 Å². The maximum atomic E-state index is 14.2. The van der Waals surface area contributed by atoms with Crippen molar-refractivity contribution in [1.82, 2.24) is 0 Å². The average Bonchev–Trinajstić information content (AvgIpc) is 2.68. The minimum atomic E-state index is -4.64. The summed E-state index contributed by atoms with van der Waals surface area (Å²) in [6.07, 6.45) is -1.55. The Morgan fingerprint density at radius 3 is 2.50 bits per heavy atom. The van der Waals surface area contributed by atoms with Gasteiger partial charge in [-0.3, -0.25) is 0 Å². The molecule has 2 amide bonds. The number of amides is 2. The van der Waals surface area contributed by atoms with Crippen molar-refractivity contribution in [1.29, 1.82) is 0 Å². The summed E-state index contributed by atoms with van der Waals surface area (Å²) in [5, 5.41) is 4.40. The van der Waals surface area contributed by atoms with E-state index in [0.29, 0.717) is 6.07 Å². The summed E-state index contributed by atoms with van der Waals surface area (Å²) in [7, 11) is 1.22. The molecular weight excluding hydrogens is 408 g/mol. The lowest BCUT2D eigenvalue weighted by molar-refractivity contribution is -0.137. The van der Waals surface area contributed by atoms with Crippen LogP contribution in [0.2, 0.25) is 0 Å². The zero-order valence-corrected chi connectivity index (χ0v) is 15.5. The van der Waals surface area contributed by atoms with E-state index in [1.165, 1.54) is 25.3 Å². The number of alkyl halides is 3. The fourth-order valence-corrected chi connectivity index (χ4v) is 2.34. The van der Waals surface area contributed by atoms with Crippen molar-refractivity contribution in [3.8, 4) is 5.75 Å². The Balaban J connectivity index is 2.27. The first-order valence-electron chi connectivity index (χ1n) is 8.27. The molecule has 0 aromatic heterocycles. The molecule has 30 heavy (non-hydrogen) atoms. The predicted octanol–water partition coefficient (Wildman–Crippen LogP) is 5.20. The number of hydrogen-bond donors (Lipinski definition) is 2. The molecule has 2 aromatic rings. The number of carbonyl (C=O) groups excluding carboxylic acids is 2. The summed E-state index contributed by atoms with van der Waals surface area (Å²) in [5.74, 6) is -1.64. The number of hydrogen-bond acceptors (Lipinski definition) is 4. The lowest BCUT2D eigenvalue weighted by atomic mass is 10.1. The van der Waals surface area contributed by atoms with Gasteiger partial charge in [-0.05, 0) is 30.3 Å². The molecular formula is C20H16F4N2O4. The van der Waals surface area contributed by atoms with E-state index in [1.807, 2.05) is 0 Å². The normalized spacial score (nSPS) is 11.1. The second-order valence-electron chi connectivity index (χ2n) is 5.63. The van der Waals surface area contributed by atoms with Gasteiger partial charge in [0.1, 0.15) is 11.6 Å². The Morgan fingerprint density at radius 1 is 1.13 bits per heavy atom. The minimum Gasteiger partial charge on any atom is -0.495 e. The number of anilines is 2. The fraction of sp³-hybridized carbons (Fsp3) is 0.100. The number of para-hydroxylation sites is 1. The van der Waals surface area contributed by atoms with Crippen molar-refractivity contribution >= 4 is 29.5 Å². The van der Waals surface area contributed by atoms with Gasteiger partial charge in [-0.25, -0.2) is 14.0 Å². The third-order valence-electron chi connectivity index (χ3n) is 3.66. The number of esters is 1. The number of carbonyl (C=O) groups is 2. The van der Waals surface area contributed by atoms with Crippen molar-refractivity contribution in [2.45, 2.75) is 6.18 Å². The summed E-state index contributed by atoms with van der Waals surface area (Å²) in [6.45, 7) is 3.22. The average molecular weight is 424 g/mol. The summed E-state index contributed by atoms with van der Waals surface area (Å²) < 4.78 is 62.4. The van der Waals surface area contributed by atoms with Crippen molar-refractivity contribution in [2.75, 3.05) is 17.7 Å². The molecule has 0 fully saturated rings. The number of methoxy groups -OCH3 is 1. The second-order valence-corrected chi connectivity index (χ2v) is 5.63. The molecule has 158 valence electrons. The van der Waals surface area contributed by atoms with Gasteiger partial charge < -0.3 is 20.1 Å². The Morgan fingerprint density at radius 2 is 1.87 bits per heavy atom. The Labute approximate surface area is 168 Å². The van der Waals surface area contributed by atoms with E-state index in [9.17, 15) is 27.2 Å². The zero-order chi connectivity index (χ0) is 22.3. The largest absolute Gasteiger partial charge is 0.495 e. The molecule has 0 unspecified atom stereocenters. The number of benzene rings is 2. The highest BCUT2D eigenvalue weighted by Crippen LogP contribution is 2.35. The molecule has 0 saturated heterocycles. The van der Waals surface area contributed by atoms with Crippen LogP contribution in [0.3, 0.4) is 0 Å². The van der Waals surface area contributed by atoms with Crippen molar-refractivity contribution < 1.29 is 36.6 Å². The van der Waals surface area contributed by atoms with Crippen LogP contribution in [0.1, 0.15) is 11.1 Å². The Kier molecular flexibility index (Phi) is 7.18. The van der Waals surface area contributed by atoms with Gasteiger partial charge in [-0.15, -0.1) is 0 Å². The standard InChI is InChI=1S/C20H16F4N2O4/c1-3-30-17(27)10-7-12-5-4-6-14(21)18(12)26-19(28)25-15-11-13(20(22,23)24)8-9-16(15)29-2/h3-11H,1H2,2H3,(H2,25,26,28)/b10-7+. The molecule has 2 N–H and O–H groups in total. The lowest BCUT2D eigenvalue weighted by Crippen LogP contribution is -2.21. The Hall–Kier alpha value is -3.82. The molecule has 0 aliphatic heterocycles. The van der Waals surface area contributed by atoms with Crippen LogP contribution in [-0.4, -0.2) is 19.1 Å². The highest BCUT2D eigenvalue weighted by Gasteiger charge is 2.31. The maximum Gasteiger partial charge on any atom is 0.416 e. The van der Waals surface area contributed by atoms with Gasteiger partial charge in [0.05, 0.1) is 30.3 Å². The molecule has 0 heterocycles. The van der Waals surface area contributed by atoms with E-state index in [0.717, 1.165) is 30.5 Å². The van der Waals surface area contributed by atoms with Gasteiger partial charge >= 0.3 is 18.2 Å². The van der Waals surface area contributed by atoms with Crippen LogP contribution in [0.4, 0.5) is 33.7 Å². The van der Waals surface area contributed by atoms with Gasteiger partial charge in [-0.1, -0.05) is 18.7 Å². The van der Waals surface area contributed by atoms with Crippen LogP contribution in [-0.2, 0) is 15.7 Å². The molecule has 2 rings (SSSR count). The van der Waals surface area contributed by atoms with Gasteiger partial charge in [0.25, 0.3) is 0 Å². The van der Waals surface area contributed by atoms with Gasteiger partial charge in [0.2, 0.25) is 0 Å². The van der Waals surface area contributed by atoms with Gasteiger partial charge in [0.15, 0.2) is 0 Å². The maximum absolute atomic E-state index is 14.2. The molecule has 6 nitrogen and oxygen atoms in total. The molecule has 10 heteroatoms. The van der Waals surface area contributed by atoms with Crippen LogP contribution in [0.5, 0.6) is 5.75 Å². The van der Waals surface area contributed by atoms with E-state index in [-0.39, 0.29) is 22.7 Å². The first-order valence-corrected chi connectivity index (χ1v) is 8.27. The van der Waals surface area contributed by atoms with E-state index in [2.05, 4.69) is 21.9 Å². The molecule has 0 aliphatic carbocycles. The van der Waals surface area contributed by atoms with Crippen molar-refractivity contribution in [3.05, 3.63) is 72.3 Å². The number of ether oxygens (including phenoxy) is 2. The summed E-state index contributed by atoms with van der Waals surface area (Å²) in [4.78, 5) is 23.7. The predicted molar refractivity (Wildman–Crippen MR) is 102 cm³/mol. The molecule has 0 aliphatic rings. The van der Waals surface area contributed by atoms with Gasteiger partial charge in [0, 0.05) is 11.6 Å². The molecule has 0 saturated carbocycles. The Bertz CT molecular complexity index is 987. The smallest absolute Gasteiger partial charge is 0.416 e. The van der Waals surface area contributed by atoms with Crippen molar-refractivity contribution in [2.24, 2.45) is 0 Å². The van der Waals surface area contributed by atoms with Crippen LogP contribution < -0.4 is 15.4 Å². The summed E-state index contributed by atoms with van der Waals surface area (Å²) in [5.41, 5.74) is -1.47. The third-order valence-corrected chi connectivity index (χ3v) is 3.66. The minimum absolute atomic E-state index is 0.0287. The monoisotopic (exact) mass is 424 g/mol. The van der Waals surface area contributed by atoms with Crippen molar-refractivity contribution in [3.63, 3.8) is 0 Å². The van der Waals surface area contributed by atoms with Gasteiger partial charge in [-0.2, -0.15) is 13.2 Å². The van der Waals surface area contributed by atoms with Crippen LogP contribution in [0.15, 0.2) is 55.3 Å². The highest BCUT2D eigenvalue weighted by atomic mass is 19.4. The SMILES string of the molecule is C=COC(=O)/C=C/c1cccc(F)c1NC(=O)Nc1cc(C(F)(F)F)ccc1OC. The number of halogens is 4. The molecule has 2 aromatic carbocycles. The molecule has 0 spiro atoms. The highest BCUT2D eigenvalue weighted by molar-refractivity contribution is 6.02. The molecule has 0 bridgehead atoms. The van der Waals surface area contributed by atoms with Crippen LogP contribution in [0, 0.1) is 5.82 Å². The van der Waals surface area contributed by atoms with E-state index in [1.54, 1.807) is 0 Å². The van der Waals surface area contributed by atoms with Crippen LogP contribution in [0.25, 0.3) is 6.08 Å². The number of rotatable bonds is 6. The zero-order valence-electron chi connectivity index (χ0n) is 15.5. The lowest BCUT2D eigenvalue weighted by Gasteiger charge is -2.15. The van der Waals surface area contributed by atoms with E-state index >= 15 is 0 Å². The van der Waals surface area contributed by atoms with E-state index in [4.69, 9.17) is 4.74 Å². The molecule has 0 radical (unpaired) electrons. The van der Waals surface area contributed by atoms with Crippen LogP contribution >= 0.6 is 0 Å². The second kappa shape index (κ2) is 9.59. The third kappa shape index (κ3) is 5.84. The fourth-order valence-electron chi connectivity index (χ4n) is 2.34. The topological polar surface area (TPSA) is 76.7 Å². The first kappa shape index (κ1) is 22.5. The first-order chi connectivity index (χ1) is 14.2. The quantitative estimate of drug-likeness (QED) is 0.289. The number of urea groups is 1.